The third-order valence-electron chi connectivity index (χ3n) is 2.49. The number of H-pyrrole nitrogens is 1. The number of tetrazole rings is 1. The summed E-state index contributed by atoms with van der Waals surface area (Å²) in [5, 5.41) is 14.6. The van der Waals surface area contributed by atoms with Gasteiger partial charge in [0.25, 0.3) is 5.91 Å². The lowest BCUT2D eigenvalue weighted by atomic mass is 10.2. The lowest BCUT2D eigenvalue weighted by molar-refractivity contribution is -0.142. The van der Waals surface area contributed by atoms with Crippen LogP contribution in [0, 0.1) is 0 Å². The number of amides is 1. The van der Waals surface area contributed by atoms with Crippen molar-refractivity contribution in [1.82, 2.24) is 30.9 Å². The van der Waals surface area contributed by atoms with E-state index in [-0.39, 0.29) is 11.5 Å². The molecule has 0 saturated carbocycles. The zero-order chi connectivity index (χ0) is 16.4. The molecular weight excluding hydrogens is 376 g/mol. The van der Waals surface area contributed by atoms with Crippen molar-refractivity contribution in [2.24, 2.45) is 0 Å². The summed E-state index contributed by atoms with van der Waals surface area (Å²) in [5.41, 5.74) is 0.212. The second-order valence-electron chi connectivity index (χ2n) is 4.05. The standard InChI is InChI=1S/C10H7BrF4N6O/c11-10(14,15)9(12,13)4-17-8(22)6-2-1-5(3-16-6)7-18-20-21-19-7/h1-3H,4H2,(H,17,22)(H,18,19,20,21). The van der Waals surface area contributed by atoms with Gasteiger partial charge in [-0.3, -0.25) is 9.78 Å². The molecule has 22 heavy (non-hydrogen) atoms. The second kappa shape index (κ2) is 5.94. The maximum Gasteiger partial charge on any atom is 0.365 e. The van der Waals surface area contributed by atoms with E-state index in [4.69, 9.17) is 0 Å². The summed E-state index contributed by atoms with van der Waals surface area (Å²) in [4.78, 5) is 10.9. The van der Waals surface area contributed by atoms with Crippen LogP contribution in [0.15, 0.2) is 18.3 Å². The normalized spacial score (nSPS) is 12.2. The highest BCUT2D eigenvalue weighted by atomic mass is 79.9. The van der Waals surface area contributed by atoms with Crippen molar-refractivity contribution in [3.63, 3.8) is 0 Å². The number of nitrogens with zero attached hydrogens (tertiary/aromatic N) is 4. The van der Waals surface area contributed by atoms with Gasteiger partial charge in [0.15, 0.2) is 0 Å². The predicted molar refractivity (Wildman–Crippen MR) is 68.6 cm³/mol. The highest BCUT2D eigenvalue weighted by Crippen LogP contribution is 2.38. The first-order valence-corrected chi connectivity index (χ1v) is 6.42. The molecule has 0 radical (unpaired) electrons. The van der Waals surface area contributed by atoms with E-state index >= 15 is 0 Å². The number of carbonyl (C=O) groups excluding carboxylic acids is 1. The summed E-state index contributed by atoms with van der Waals surface area (Å²) >= 11 is 1.56. The van der Waals surface area contributed by atoms with E-state index in [2.05, 4.69) is 25.6 Å². The van der Waals surface area contributed by atoms with E-state index in [1.807, 2.05) is 0 Å². The van der Waals surface area contributed by atoms with Crippen LogP contribution in [0.3, 0.4) is 0 Å². The van der Waals surface area contributed by atoms with E-state index in [9.17, 15) is 22.4 Å². The molecule has 2 heterocycles. The molecule has 0 atom stereocenters. The van der Waals surface area contributed by atoms with Crippen LogP contribution in [0.2, 0.25) is 0 Å². The number of pyridine rings is 1. The summed E-state index contributed by atoms with van der Waals surface area (Å²) in [6.07, 6.45) is 1.22. The maximum absolute atomic E-state index is 13.0. The van der Waals surface area contributed by atoms with E-state index in [0.717, 1.165) is 0 Å². The Kier molecular flexibility index (Phi) is 4.39. The van der Waals surface area contributed by atoms with Gasteiger partial charge in [0.1, 0.15) is 5.69 Å². The SMILES string of the molecule is O=C(NCC(F)(F)C(F)(F)Br)c1ccc(-c2nn[nH]n2)cn1. The topological polar surface area (TPSA) is 96.5 Å². The summed E-state index contributed by atoms with van der Waals surface area (Å²) < 4.78 is 51.1. The largest absolute Gasteiger partial charge is 0.365 e. The number of halogens is 5. The molecule has 12 heteroatoms. The molecule has 0 aliphatic carbocycles. The fraction of sp³-hybridized carbons (Fsp3) is 0.300. The fourth-order valence-corrected chi connectivity index (χ4v) is 1.47. The summed E-state index contributed by atoms with van der Waals surface area (Å²) in [6.45, 7) is -1.54. The fourth-order valence-electron chi connectivity index (χ4n) is 1.33. The number of hydrogen-bond donors (Lipinski definition) is 2. The van der Waals surface area contributed by atoms with Gasteiger partial charge in [-0.15, -0.1) is 10.2 Å². The average Bonchev–Trinajstić information content (AvgIpc) is 2.98. The van der Waals surface area contributed by atoms with E-state index in [1.165, 1.54) is 18.3 Å². The van der Waals surface area contributed by atoms with Crippen LogP contribution in [0.1, 0.15) is 10.5 Å². The average molecular weight is 383 g/mol. The van der Waals surface area contributed by atoms with Gasteiger partial charge in [-0.25, -0.2) is 0 Å². The van der Waals surface area contributed by atoms with Gasteiger partial charge in [0, 0.05) is 11.8 Å². The Balaban J connectivity index is 2.02. The van der Waals surface area contributed by atoms with Crippen molar-refractivity contribution in [3.05, 3.63) is 24.0 Å². The number of alkyl halides is 5. The second-order valence-corrected chi connectivity index (χ2v) is 5.05. The smallest absolute Gasteiger partial charge is 0.344 e. The molecule has 7 nitrogen and oxygen atoms in total. The monoisotopic (exact) mass is 382 g/mol. The van der Waals surface area contributed by atoms with Crippen molar-refractivity contribution in [2.75, 3.05) is 6.54 Å². The molecule has 2 aromatic rings. The zero-order valence-corrected chi connectivity index (χ0v) is 12.1. The Labute approximate surface area is 128 Å². The maximum atomic E-state index is 13.0. The number of hydrogen-bond acceptors (Lipinski definition) is 5. The highest BCUT2D eigenvalue weighted by molar-refractivity contribution is 9.10. The van der Waals surface area contributed by atoms with Crippen LogP contribution >= 0.6 is 15.9 Å². The molecule has 2 N–H and O–H groups in total. The first kappa shape index (κ1) is 16.3. The van der Waals surface area contributed by atoms with Crippen LogP contribution in [-0.4, -0.2) is 48.8 Å². The van der Waals surface area contributed by atoms with E-state index in [0.29, 0.717) is 5.56 Å². The van der Waals surface area contributed by atoms with Gasteiger partial charge < -0.3 is 5.32 Å². The Morgan fingerprint density at radius 3 is 2.55 bits per heavy atom. The summed E-state index contributed by atoms with van der Waals surface area (Å²) in [6, 6.07) is 2.62. The number of aromatic nitrogens is 5. The molecule has 0 fully saturated rings. The minimum Gasteiger partial charge on any atom is -0.344 e. The quantitative estimate of drug-likeness (QED) is 0.604. The van der Waals surface area contributed by atoms with Gasteiger partial charge in [0.2, 0.25) is 5.82 Å². The van der Waals surface area contributed by atoms with Crippen molar-refractivity contribution in [3.8, 4) is 11.4 Å². The zero-order valence-electron chi connectivity index (χ0n) is 10.5. The highest BCUT2D eigenvalue weighted by Gasteiger charge is 2.54. The minimum absolute atomic E-state index is 0.221. The van der Waals surface area contributed by atoms with Gasteiger partial charge >= 0.3 is 10.8 Å². The molecule has 1 amide bonds. The molecule has 0 unspecified atom stereocenters. The molecular formula is C10H7BrF4N6O. The third-order valence-corrected chi connectivity index (χ3v) is 3.07. The Hall–Kier alpha value is -2.11. The van der Waals surface area contributed by atoms with Crippen LogP contribution in [0.5, 0.6) is 0 Å². The number of aromatic amines is 1. The molecule has 0 aliphatic rings. The van der Waals surface area contributed by atoms with Crippen LogP contribution < -0.4 is 5.32 Å². The molecule has 0 spiro atoms. The van der Waals surface area contributed by atoms with Crippen molar-refractivity contribution >= 4 is 21.8 Å². The summed E-state index contributed by atoms with van der Waals surface area (Å²) in [7, 11) is 0. The van der Waals surface area contributed by atoms with Crippen molar-refractivity contribution < 1.29 is 22.4 Å². The molecule has 0 bridgehead atoms. The molecule has 2 aromatic heterocycles. The molecule has 0 aliphatic heterocycles. The van der Waals surface area contributed by atoms with E-state index in [1.54, 1.807) is 21.2 Å². The lowest BCUT2D eigenvalue weighted by Crippen LogP contribution is -2.46. The predicted octanol–water partition coefficient (Wildman–Crippen LogP) is 1.61. The number of rotatable bonds is 5. The Morgan fingerprint density at radius 2 is 2.05 bits per heavy atom. The molecule has 2 rings (SSSR count). The minimum atomic E-state index is -4.44. The molecule has 0 aromatic carbocycles. The number of nitrogens with one attached hydrogen (secondary N) is 2. The first-order valence-electron chi connectivity index (χ1n) is 5.63. The third kappa shape index (κ3) is 3.55. The van der Waals surface area contributed by atoms with Gasteiger partial charge in [0.05, 0.1) is 6.54 Å². The molecule has 118 valence electrons. The van der Waals surface area contributed by atoms with Crippen molar-refractivity contribution in [1.29, 1.82) is 0 Å². The molecule has 0 saturated heterocycles. The summed E-state index contributed by atoms with van der Waals surface area (Å²) in [5.74, 6) is -5.23. The van der Waals surface area contributed by atoms with Gasteiger partial charge in [-0.05, 0) is 33.3 Å². The van der Waals surface area contributed by atoms with Crippen LogP contribution in [0.4, 0.5) is 17.6 Å². The van der Waals surface area contributed by atoms with E-state index < -0.39 is 23.2 Å². The van der Waals surface area contributed by atoms with Gasteiger partial charge in [-0.2, -0.15) is 22.8 Å². The Bertz CT molecular complexity index is 642. The van der Waals surface area contributed by atoms with Gasteiger partial charge in [-0.1, -0.05) is 0 Å². The van der Waals surface area contributed by atoms with Crippen molar-refractivity contribution in [2.45, 2.75) is 10.8 Å². The van der Waals surface area contributed by atoms with Crippen LogP contribution in [0.25, 0.3) is 11.4 Å². The number of carbonyl (C=O) groups is 1. The first-order chi connectivity index (χ1) is 10.2. The lowest BCUT2D eigenvalue weighted by Gasteiger charge is -2.21. The van der Waals surface area contributed by atoms with Crippen LogP contribution in [-0.2, 0) is 0 Å². The Morgan fingerprint density at radius 1 is 1.32 bits per heavy atom.